The van der Waals surface area contributed by atoms with Crippen LogP contribution in [0.25, 0.3) is 0 Å². The van der Waals surface area contributed by atoms with Gasteiger partial charge in [0, 0.05) is 32.5 Å². The first-order valence-corrected chi connectivity index (χ1v) is 32.6. The number of carbonyl (C=O) groups is 13. The Morgan fingerprint density at radius 1 is 0.596 bits per heavy atom. The molecule has 2 aromatic carbocycles. The van der Waals surface area contributed by atoms with E-state index in [4.69, 9.17) is 28.7 Å². The Balaban J connectivity index is 1.59. The number of thioether (sulfide) groups is 1. The number of unbranched alkanes of at least 4 members (excludes halogenated alkanes) is 1. The number of phenols is 1. The molecule has 0 bridgehead atoms. The lowest BCUT2D eigenvalue weighted by Gasteiger charge is -2.31. The molecule has 0 spiro atoms. The minimum atomic E-state index is -1.92. The molecule has 518 valence electrons. The molecule has 0 saturated carbocycles. The summed E-state index contributed by atoms with van der Waals surface area (Å²) in [6, 6.07) is -0.0999. The summed E-state index contributed by atoms with van der Waals surface area (Å²) in [5.74, 6) is -12.8. The monoisotopic (exact) mass is 1340 g/mol. The molecule has 2 heterocycles. The van der Waals surface area contributed by atoms with Crippen LogP contribution in [-0.4, -0.2) is 213 Å². The highest BCUT2D eigenvalue weighted by molar-refractivity contribution is 7.98. The number of aliphatic carboxylic acids is 2. The molecule has 21 N–H and O–H groups in total. The number of benzene rings is 2. The van der Waals surface area contributed by atoms with Crippen LogP contribution in [0.3, 0.4) is 0 Å². The topological polar surface area (TPSA) is 528 Å². The molecule has 2 aromatic rings. The minimum absolute atomic E-state index is 0.00578. The van der Waals surface area contributed by atoms with E-state index >= 15 is 0 Å². The number of hydrogen-bond donors (Lipinski definition) is 16. The molecular formula is C61H92N16O16S. The number of primary amides is 1. The number of nitrogens with one attached hydrogen (secondary N) is 8. The lowest BCUT2D eigenvalue weighted by molar-refractivity contribution is -0.145. The van der Waals surface area contributed by atoms with Crippen LogP contribution in [0, 0.1) is 5.92 Å². The van der Waals surface area contributed by atoms with Crippen molar-refractivity contribution in [1.82, 2.24) is 52.3 Å². The molecular weight excluding hydrogens is 1240 g/mol. The SMILES string of the molecule is CSCCC(NC(=O)C(CC(C)C)NC(=O)CNC(=O)C(Cc1ccc(O)cc1)NC(=O)C(Cc1ccccc1)NC(=O)C(CCCN=C(N)N)NC(=O)C(CC(=O)O)NC(=O)C1CCCN1C(=O)C(CC(N)=O)NC(=O)C1CCCN1C(=O)C(N)CCCCN)C(=O)O. The first-order chi connectivity index (χ1) is 44.6. The zero-order valence-electron chi connectivity index (χ0n) is 53.2. The fourth-order valence-electron chi connectivity index (χ4n) is 10.7. The number of carboxylic acid groups (broad SMARTS) is 2. The predicted octanol–water partition coefficient (Wildman–Crippen LogP) is -3.59. The van der Waals surface area contributed by atoms with Gasteiger partial charge in [0.05, 0.1) is 25.4 Å². The lowest BCUT2D eigenvalue weighted by Crippen LogP contribution is -2.60. The second kappa shape index (κ2) is 39.4. The van der Waals surface area contributed by atoms with Crippen molar-refractivity contribution in [2.45, 2.75) is 171 Å². The lowest BCUT2D eigenvalue weighted by atomic mass is 10.0. The number of likely N-dealkylation sites (tertiary alicyclic amines) is 2. The van der Waals surface area contributed by atoms with E-state index in [0.717, 1.165) is 4.90 Å². The Labute approximate surface area is 548 Å². The number of aromatic hydroxyl groups is 1. The molecule has 2 fully saturated rings. The van der Waals surface area contributed by atoms with Crippen LogP contribution in [0.1, 0.15) is 108 Å². The van der Waals surface area contributed by atoms with Crippen LogP contribution in [-0.2, 0) is 75.2 Å². The quantitative estimate of drug-likeness (QED) is 0.0174. The minimum Gasteiger partial charge on any atom is -0.508 e. The maximum atomic E-state index is 14.7. The average Bonchev–Trinajstić information content (AvgIpc) is 1.60. The molecule has 11 amide bonds. The number of nitrogens with two attached hydrogens (primary N) is 5. The summed E-state index contributed by atoms with van der Waals surface area (Å²) in [5.41, 5.74) is 29.3. The summed E-state index contributed by atoms with van der Waals surface area (Å²) in [5, 5.41) is 50.0. The van der Waals surface area contributed by atoms with Crippen molar-refractivity contribution in [1.29, 1.82) is 0 Å². The number of aliphatic imine (C=N–C) groups is 1. The van der Waals surface area contributed by atoms with Gasteiger partial charge in [-0.25, -0.2) is 4.79 Å². The zero-order chi connectivity index (χ0) is 69.6. The average molecular weight is 1340 g/mol. The summed E-state index contributed by atoms with van der Waals surface area (Å²) in [6.07, 6.45) is 1.85. The standard InChI is InChI=1S/C61H92N16O16S/c1-34(2)28-41(53(85)71-40(60(92)93)22-27-94-3)69-49(80)33-68-51(83)42(30-36-18-20-37(78)21-19-36)72-54(86)43(29-35-12-5-4-6-13-35)73-52(84)39(15-9-24-67-61(65)66)70-55(87)44(32-50(81)82)74-56(88)47-17-11-26-77(47)59(91)45(31-48(64)79)75-57(89)46-16-10-25-76(46)58(90)38(63)14-7-8-23-62/h4-6,12-13,18-21,34,38-47,78H,7-11,14-17,22-33,62-63H2,1-3H3,(H2,64,79)(H,68,83)(H,69,80)(H,70,87)(H,71,85)(H,72,86)(H,73,84)(H,74,88)(H,75,89)(H,81,82)(H,92,93)(H4,65,66,67). The molecule has 0 aromatic heterocycles. The fourth-order valence-corrected chi connectivity index (χ4v) is 11.2. The molecule has 0 radical (unpaired) electrons. The Morgan fingerprint density at radius 3 is 1.68 bits per heavy atom. The van der Waals surface area contributed by atoms with Gasteiger partial charge in [-0.05, 0) is 112 Å². The molecule has 0 aliphatic carbocycles. The van der Waals surface area contributed by atoms with Gasteiger partial charge in [-0.2, -0.15) is 11.8 Å². The summed E-state index contributed by atoms with van der Waals surface area (Å²) < 4.78 is 0. The van der Waals surface area contributed by atoms with E-state index in [1.165, 1.54) is 40.9 Å². The molecule has 10 atom stereocenters. The van der Waals surface area contributed by atoms with Gasteiger partial charge < -0.3 is 96.3 Å². The van der Waals surface area contributed by atoms with E-state index in [0.29, 0.717) is 49.1 Å². The van der Waals surface area contributed by atoms with Crippen LogP contribution in [0.4, 0.5) is 0 Å². The van der Waals surface area contributed by atoms with Crippen LogP contribution < -0.4 is 71.2 Å². The highest BCUT2D eigenvalue weighted by atomic mass is 32.2. The second-order valence-electron chi connectivity index (χ2n) is 23.5. The van der Waals surface area contributed by atoms with Gasteiger partial charge >= 0.3 is 11.9 Å². The van der Waals surface area contributed by atoms with Crippen LogP contribution in [0.5, 0.6) is 5.75 Å². The number of carbonyl (C=O) groups excluding carboxylic acids is 11. The largest absolute Gasteiger partial charge is 0.508 e. The highest BCUT2D eigenvalue weighted by Crippen LogP contribution is 2.23. The fraction of sp³-hybridized carbons (Fsp3) is 0.574. The van der Waals surface area contributed by atoms with E-state index in [2.05, 4.69) is 47.5 Å². The van der Waals surface area contributed by atoms with Gasteiger partial charge in [0.15, 0.2) is 5.96 Å². The van der Waals surface area contributed by atoms with E-state index in [-0.39, 0.29) is 95.0 Å². The molecule has 33 heteroatoms. The Bertz CT molecular complexity index is 2980. The number of carboxylic acids is 2. The number of amides is 11. The summed E-state index contributed by atoms with van der Waals surface area (Å²) in [7, 11) is 0. The normalized spacial score (nSPS) is 16.9. The number of phenolic OH excluding ortho intramolecular Hbond substituents is 1. The third-order valence-corrected chi connectivity index (χ3v) is 16.1. The Morgan fingerprint density at radius 2 is 1.13 bits per heavy atom. The van der Waals surface area contributed by atoms with Gasteiger partial charge in [0.1, 0.15) is 60.1 Å². The van der Waals surface area contributed by atoms with Crippen LogP contribution in [0.2, 0.25) is 0 Å². The summed E-state index contributed by atoms with van der Waals surface area (Å²) in [6.45, 7) is 3.27. The van der Waals surface area contributed by atoms with Crippen LogP contribution in [0.15, 0.2) is 59.6 Å². The zero-order valence-corrected chi connectivity index (χ0v) is 54.0. The molecule has 10 unspecified atom stereocenters. The molecule has 4 rings (SSSR count). The van der Waals surface area contributed by atoms with Gasteiger partial charge in [-0.1, -0.05) is 62.7 Å². The van der Waals surface area contributed by atoms with Crippen molar-refractivity contribution in [3.63, 3.8) is 0 Å². The van der Waals surface area contributed by atoms with Crippen molar-refractivity contribution in [3.8, 4) is 5.75 Å². The number of rotatable bonds is 40. The Hall–Kier alpha value is -9.11. The summed E-state index contributed by atoms with van der Waals surface area (Å²) in [4.78, 5) is 183. The first-order valence-electron chi connectivity index (χ1n) is 31.2. The molecule has 2 aliphatic rings. The second-order valence-corrected chi connectivity index (χ2v) is 24.5. The van der Waals surface area contributed by atoms with E-state index in [1.54, 1.807) is 50.4 Å². The number of guanidine groups is 1. The van der Waals surface area contributed by atoms with Crippen molar-refractivity contribution < 1.29 is 77.6 Å². The smallest absolute Gasteiger partial charge is 0.326 e. The highest BCUT2D eigenvalue weighted by Gasteiger charge is 2.43. The van der Waals surface area contributed by atoms with Crippen LogP contribution >= 0.6 is 11.8 Å². The van der Waals surface area contributed by atoms with E-state index in [1.807, 2.05) is 0 Å². The van der Waals surface area contributed by atoms with Crippen molar-refractivity contribution in [2.24, 2.45) is 39.6 Å². The van der Waals surface area contributed by atoms with Gasteiger partial charge in [-0.15, -0.1) is 0 Å². The third kappa shape index (κ3) is 26.1. The predicted molar refractivity (Wildman–Crippen MR) is 345 cm³/mol. The maximum Gasteiger partial charge on any atom is 0.326 e. The van der Waals surface area contributed by atoms with E-state index in [9.17, 15) is 77.6 Å². The van der Waals surface area contributed by atoms with Gasteiger partial charge in [0.25, 0.3) is 0 Å². The Kier molecular flexibility index (Phi) is 32.4. The maximum absolute atomic E-state index is 14.7. The van der Waals surface area contributed by atoms with Crippen molar-refractivity contribution in [3.05, 3.63) is 65.7 Å². The van der Waals surface area contributed by atoms with Crippen molar-refractivity contribution in [2.75, 3.05) is 44.7 Å². The van der Waals surface area contributed by atoms with E-state index < -0.39 is 157 Å². The van der Waals surface area contributed by atoms with Gasteiger partial charge in [-0.3, -0.25) is 62.5 Å². The molecule has 2 saturated heterocycles. The summed E-state index contributed by atoms with van der Waals surface area (Å²) >= 11 is 1.38. The molecule has 2 aliphatic heterocycles. The molecule has 32 nitrogen and oxygen atoms in total. The third-order valence-electron chi connectivity index (χ3n) is 15.5. The first kappa shape index (κ1) is 77.3. The van der Waals surface area contributed by atoms with Crippen molar-refractivity contribution >= 4 is 94.6 Å². The molecule has 94 heavy (non-hydrogen) atoms. The van der Waals surface area contributed by atoms with Gasteiger partial charge in [0.2, 0.25) is 65.0 Å². The number of hydrogen-bond acceptors (Lipinski definition) is 18. The number of nitrogens with zero attached hydrogens (tertiary/aromatic N) is 3.